The van der Waals surface area contributed by atoms with Gasteiger partial charge in [0.25, 0.3) is 5.91 Å². The first kappa shape index (κ1) is 15.1. The molecule has 0 unspecified atom stereocenters. The molecule has 0 aliphatic heterocycles. The summed E-state index contributed by atoms with van der Waals surface area (Å²) < 4.78 is 5.25. The van der Waals surface area contributed by atoms with Crippen LogP contribution < -0.4 is 10.1 Å². The first-order chi connectivity index (χ1) is 10.1. The normalized spacial score (nSPS) is 12.2. The average molecular weight is 288 g/mol. The molecule has 21 heavy (non-hydrogen) atoms. The number of carbonyl (C=O) groups excluding carboxylic acids is 1. The van der Waals surface area contributed by atoms with E-state index in [0.717, 1.165) is 11.3 Å². The van der Waals surface area contributed by atoms with Crippen LogP contribution in [-0.2, 0) is 0 Å². The van der Waals surface area contributed by atoms with E-state index in [0.29, 0.717) is 12.1 Å². The number of amides is 1. The summed E-state index contributed by atoms with van der Waals surface area (Å²) in [4.78, 5) is 14.0. The number of nitrogens with one attached hydrogen (secondary N) is 2. The highest BCUT2D eigenvalue weighted by Crippen LogP contribution is 2.22. The second-order valence-corrected chi connectivity index (χ2v) is 4.95. The molecule has 0 aliphatic carbocycles. The maximum atomic E-state index is 12.0. The van der Waals surface area contributed by atoms with Gasteiger partial charge in [-0.2, -0.15) is 5.10 Å². The Kier molecular flexibility index (Phi) is 4.94. The Morgan fingerprint density at radius 1 is 1.48 bits per heavy atom. The number of rotatable bonds is 6. The number of methoxy groups -OCH3 is 1. The van der Waals surface area contributed by atoms with Crippen LogP contribution in [0.25, 0.3) is 0 Å². The van der Waals surface area contributed by atoms with Crippen LogP contribution in [0.5, 0.6) is 5.75 Å². The van der Waals surface area contributed by atoms with E-state index in [9.17, 15) is 4.79 Å². The number of H-pyrrole nitrogens is 1. The fourth-order valence-corrected chi connectivity index (χ4v) is 2.11. The molecule has 0 bridgehead atoms. The van der Waals surface area contributed by atoms with Crippen molar-refractivity contribution in [3.63, 3.8) is 0 Å². The molecule has 6 nitrogen and oxygen atoms in total. The van der Waals surface area contributed by atoms with Crippen molar-refractivity contribution in [2.75, 3.05) is 27.7 Å². The molecule has 1 heterocycles. The first-order valence-corrected chi connectivity index (χ1v) is 6.69. The van der Waals surface area contributed by atoms with Gasteiger partial charge in [0.2, 0.25) is 0 Å². The summed E-state index contributed by atoms with van der Waals surface area (Å²) in [6.45, 7) is 0.504. The van der Waals surface area contributed by atoms with Crippen molar-refractivity contribution in [1.82, 2.24) is 20.4 Å². The number of hydrogen-bond donors (Lipinski definition) is 2. The van der Waals surface area contributed by atoms with E-state index in [1.165, 1.54) is 6.20 Å². The molecule has 1 aromatic heterocycles. The van der Waals surface area contributed by atoms with E-state index in [1.807, 2.05) is 38.4 Å². The molecular weight excluding hydrogens is 268 g/mol. The van der Waals surface area contributed by atoms with Gasteiger partial charge in [-0.15, -0.1) is 0 Å². The molecule has 0 spiro atoms. The number of ether oxygens (including phenoxy) is 1. The predicted octanol–water partition coefficient (Wildman–Crippen LogP) is 1.45. The molecule has 1 aromatic carbocycles. The Morgan fingerprint density at radius 2 is 2.29 bits per heavy atom. The Morgan fingerprint density at radius 3 is 2.90 bits per heavy atom. The lowest BCUT2D eigenvalue weighted by Gasteiger charge is -2.25. The summed E-state index contributed by atoms with van der Waals surface area (Å²) in [5, 5.41) is 9.32. The Bertz CT molecular complexity index is 581. The third-order valence-corrected chi connectivity index (χ3v) is 3.32. The SMILES string of the molecule is COc1cccc([C@@H](CNC(=O)c2cn[nH]c2)N(C)C)c1. The quantitative estimate of drug-likeness (QED) is 0.844. The van der Waals surface area contributed by atoms with Gasteiger partial charge in [-0.3, -0.25) is 9.89 Å². The van der Waals surface area contributed by atoms with Crippen molar-refractivity contribution in [3.8, 4) is 5.75 Å². The number of aromatic nitrogens is 2. The number of benzene rings is 1. The van der Waals surface area contributed by atoms with Gasteiger partial charge in [0, 0.05) is 12.7 Å². The summed E-state index contributed by atoms with van der Waals surface area (Å²) in [6, 6.07) is 7.92. The zero-order valence-electron chi connectivity index (χ0n) is 12.5. The molecule has 0 aliphatic rings. The largest absolute Gasteiger partial charge is 0.497 e. The third-order valence-electron chi connectivity index (χ3n) is 3.32. The lowest BCUT2D eigenvalue weighted by molar-refractivity contribution is 0.0942. The van der Waals surface area contributed by atoms with Gasteiger partial charge in [-0.1, -0.05) is 12.1 Å². The van der Waals surface area contributed by atoms with Gasteiger partial charge in [0.15, 0.2) is 0 Å². The summed E-state index contributed by atoms with van der Waals surface area (Å²) >= 11 is 0. The second-order valence-electron chi connectivity index (χ2n) is 4.95. The fraction of sp³-hybridized carbons (Fsp3) is 0.333. The third kappa shape index (κ3) is 3.82. The van der Waals surface area contributed by atoms with Gasteiger partial charge >= 0.3 is 0 Å². The van der Waals surface area contributed by atoms with Crippen LogP contribution in [0.2, 0.25) is 0 Å². The van der Waals surface area contributed by atoms with Crippen LogP contribution in [0.1, 0.15) is 22.0 Å². The van der Waals surface area contributed by atoms with Crippen molar-refractivity contribution in [3.05, 3.63) is 47.8 Å². The minimum Gasteiger partial charge on any atom is -0.497 e. The van der Waals surface area contributed by atoms with Crippen molar-refractivity contribution in [2.45, 2.75) is 6.04 Å². The highest BCUT2D eigenvalue weighted by atomic mass is 16.5. The minimum absolute atomic E-state index is 0.0657. The number of hydrogen-bond acceptors (Lipinski definition) is 4. The summed E-state index contributed by atoms with van der Waals surface area (Å²) in [5.41, 5.74) is 1.62. The summed E-state index contributed by atoms with van der Waals surface area (Å²) in [5.74, 6) is 0.666. The van der Waals surface area contributed by atoms with Crippen LogP contribution in [0.3, 0.4) is 0 Å². The Labute approximate surface area is 124 Å². The zero-order valence-corrected chi connectivity index (χ0v) is 12.5. The number of carbonyl (C=O) groups is 1. The molecular formula is C15H20N4O2. The molecule has 6 heteroatoms. The van der Waals surface area contributed by atoms with E-state index in [2.05, 4.69) is 20.4 Å². The smallest absolute Gasteiger partial charge is 0.254 e. The topological polar surface area (TPSA) is 70.2 Å². The van der Waals surface area contributed by atoms with Gasteiger partial charge in [-0.25, -0.2) is 0 Å². The molecule has 0 saturated carbocycles. The molecule has 0 saturated heterocycles. The Hall–Kier alpha value is -2.34. The fourth-order valence-electron chi connectivity index (χ4n) is 2.11. The van der Waals surface area contributed by atoms with Gasteiger partial charge in [0.05, 0.1) is 24.9 Å². The highest BCUT2D eigenvalue weighted by Gasteiger charge is 2.16. The zero-order chi connectivity index (χ0) is 15.2. The molecule has 0 fully saturated rings. The van der Waals surface area contributed by atoms with Crippen molar-refractivity contribution in [2.24, 2.45) is 0 Å². The second kappa shape index (κ2) is 6.90. The molecule has 2 rings (SSSR count). The number of aromatic amines is 1. The molecule has 1 atom stereocenters. The monoisotopic (exact) mass is 288 g/mol. The molecule has 2 aromatic rings. The predicted molar refractivity (Wildman–Crippen MR) is 80.3 cm³/mol. The standard InChI is InChI=1S/C15H20N4O2/c1-19(2)14(11-5-4-6-13(7-11)21-3)10-16-15(20)12-8-17-18-9-12/h4-9,14H,10H2,1-3H3,(H,16,20)(H,17,18)/t14-/m1/s1. The lowest BCUT2D eigenvalue weighted by Crippen LogP contribution is -2.34. The van der Waals surface area contributed by atoms with Crippen LogP contribution >= 0.6 is 0 Å². The highest BCUT2D eigenvalue weighted by molar-refractivity contribution is 5.93. The molecule has 112 valence electrons. The average Bonchev–Trinajstić information content (AvgIpc) is 3.01. The minimum atomic E-state index is -0.140. The van der Waals surface area contributed by atoms with E-state index in [-0.39, 0.29) is 11.9 Å². The van der Waals surface area contributed by atoms with Crippen molar-refractivity contribution >= 4 is 5.91 Å². The maximum absolute atomic E-state index is 12.0. The van der Waals surface area contributed by atoms with Crippen molar-refractivity contribution < 1.29 is 9.53 Å². The van der Waals surface area contributed by atoms with Gasteiger partial charge in [0.1, 0.15) is 5.75 Å². The van der Waals surface area contributed by atoms with E-state index in [4.69, 9.17) is 4.74 Å². The lowest BCUT2D eigenvalue weighted by atomic mass is 10.1. The number of nitrogens with zero attached hydrogens (tertiary/aromatic N) is 2. The maximum Gasteiger partial charge on any atom is 0.254 e. The van der Waals surface area contributed by atoms with E-state index in [1.54, 1.807) is 13.3 Å². The first-order valence-electron chi connectivity index (χ1n) is 6.69. The number of likely N-dealkylation sites (N-methyl/N-ethyl adjacent to an activating group) is 1. The summed E-state index contributed by atoms with van der Waals surface area (Å²) in [6.07, 6.45) is 3.08. The van der Waals surface area contributed by atoms with E-state index >= 15 is 0 Å². The summed E-state index contributed by atoms with van der Waals surface area (Å²) in [7, 11) is 5.60. The molecule has 1 amide bonds. The molecule has 2 N–H and O–H groups in total. The van der Waals surface area contributed by atoms with Crippen molar-refractivity contribution in [1.29, 1.82) is 0 Å². The van der Waals surface area contributed by atoms with Crippen LogP contribution in [0, 0.1) is 0 Å². The Balaban J connectivity index is 2.07. The van der Waals surface area contributed by atoms with Crippen LogP contribution in [0.4, 0.5) is 0 Å². The molecule has 0 radical (unpaired) electrons. The van der Waals surface area contributed by atoms with Gasteiger partial charge < -0.3 is 15.0 Å². The van der Waals surface area contributed by atoms with Crippen LogP contribution in [-0.4, -0.2) is 48.8 Å². The van der Waals surface area contributed by atoms with Crippen LogP contribution in [0.15, 0.2) is 36.7 Å². The van der Waals surface area contributed by atoms with E-state index < -0.39 is 0 Å². The van der Waals surface area contributed by atoms with Gasteiger partial charge in [-0.05, 0) is 31.8 Å².